The fourth-order valence-corrected chi connectivity index (χ4v) is 3.64. The number of para-hydroxylation sites is 1. The summed E-state index contributed by atoms with van der Waals surface area (Å²) < 4.78 is 7.22. The van der Waals surface area contributed by atoms with Crippen LogP contribution in [0.25, 0.3) is 10.2 Å². The molecule has 2 aromatic rings. The van der Waals surface area contributed by atoms with Crippen LogP contribution in [0, 0.1) is 0 Å². The highest BCUT2D eigenvalue weighted by atomic mass is 32.1. The lowest BCUT2D eigenvalue weighted by Crippen LogP contribution is -2.35. The zero-order chi connectivity index (χ0) is 13.8. The molecule has 0 bridgehead atoms. The number of hydrogen-bond donors (Lipinski definition) is 1. The predicted octanol–water partition coefficient (Wildman–Crippen LogP) is 3.77. The van der Waals surface area contributed by atoms with Crippen LogP contribution >= 0.6 is 11.3 Å². The average Bonchev–Trinajstić information content (AvgIpc) is 2.92. The van der Waals surface area contributed by atoms with Crippen molar-refractivity contribution in [3.63, 3.8) is 0 Å². The van der Waals surface area contributed by atoms with E-state index in [0.717, 1.165) is 37.3 Å². The molecule has 1 aromatic carbocycles. The number of aryl methyl sites for hydroxylation is 1. The average molecular weight is 290 g/mol. The molecule has 0 amide bonds. The van der Waals surface area contributed by atoms with Gasteiger partial charge in [-0.05, 0) is 44.4 Å². The van der Waals surface area contributed by atoms with Crippen LogP contribution < -0.4 is 10.1 Å². The van der Waals surface area contributed by atoms with Crippen molar-refractivity contribution in [1.82, 2.24) is 10.3 Å². The molecule has 0 radical (unpaired) electrons. The van der Waals surface area contributed by atoms with Gasteiger partial charge in [-0.3, -0.25) is 0 Å². The largest absolute Gasteiger partial charge is 0.491 e. The van der Waals surface area contributed by atoms with Gasteiger partial charge in [-0.2, -0.15) is 0 Å². The molecule has 1 aliphatic rings. The number of nitrogens with zero attached hydrogens (tertiary/aromatic N) is 1. The SMILES string of the molecule is CCc1nc2c(OCCC3CCCCN3)cccc2s1. The summed E-state index contributed by atoms with van der Waals surface area (Å²) in [5.41, 5.74) is 1.03. The molecule has 3 rings (SSSR count). The van der Waals surface area contributed by atoms with E-state index in [2.05, 4.69) is 29.4 Å². The molecular weight excluding hydrogens is 268 g/mol. The van der Waals surface area contributed by atoms with E-state index in [1.165, 1.54) is 29.0 Å². The normalized spacial score (nSPS) is 19.4. The number of aromatic nitrogens is 1. The quantitative estimate of drug-likeness (QED) is 0.910. The lowest BCUT2D eigenvalue weighted by atomic mass is 10.0. The highest BCUT2D eigenvalue weighted by Crippen LogP contribution is 2.30. The van der Waals surface area contributed by atoms with Gasteiger partial charge in [0, 0.05) is 6.04 Å². The number of fused-ring (bicyclic) bond motifs is 1. The summed E-state index contributed by atoms with van der Waals surface area (Å²) in [7, 11) is 0. The summed E-state index contributed by atoms with van der Waals surface area (Å²) in [5.74, 6) is 0.939. The third-order valence-corrected chi connectivity index (χ3v) is 5.03. The Balaban J connectivity index is 1.63. The maximum atomic E-state index is 5.98. The van der Waals surface area contributed by atoms with Crippen LogP contribution in [0.5, 0.6) is 5.75 Å². The Morgan fingerprint density at radius 2 is 2.35 bits per heavy atom. The predicted molar refractivity (Wildman–Crippen MR) is 84.8 cm³/mol. The minimum Gasteiger partial charge on any atom is -0.491 e. The van der Waals surface area contributed by atoms with Crippen molar-refractivity contribution in [1.29, 1.82) is 0 Å². The Bertz CT molecular complexity index is 561. The summed E-state index contributed by atoms with van der Waals surface area (Å²) in [4.78, 5) is 4.67. The van der Waals surface area contributed by atoms with E-state index < -0.39 is 0 Å². The Labute approximate surface area is 124 Å². The maximum Gasteiger partial charge on any atom is 0.146 e. The van der Waals surface area contributed by atoms with Crippen LogP contribution in [-0.2, 0) is 6.42 Å². The summed E-state index contributed by atoms with van der Waals surface area (Å²) in [6.45, 7) is 4.08. The first kappa shape index (κ1) is 13.8. The lowest BCUT2D eigenvalue weighted by Gasteiger charge is -2.23. The second kappa shape index (κ2) is 6.55. The molecule has 3 nitrogen and oxygen atoms in total. The van der Waals surface area contributed by atoms with Crippen LogP contribution in [0.1, 0.15) is 37.6 Å². The fourth-order valence-electron chi connectivity index (χ4n) is 2.72. The van der Waals surface area contributed by atoms with E-state index in [0.29, 0.717) is 6.04 Å². The Morgan fingerprint density at radius 3 is 3.15 bits per heavy atom. The molecule has 1 aliphatic heterocycles. The number of nitrogens with one attached hydrogen (secondary N) is 1. The van der Waals surface area contributed by atoms with Gasteiger partial charge in [-0.25, -0.2) is 4.98 Å². The van der Waals surface area contributed by atoms with Crippen molar-refractivity contribution in [3.8, 4) is 5.75 Å². The monoisotopic (exact) mass is 290 g/mol. The Morgan fingerprint density at radius 1 is 1.40 bits per heavy atom. The number of benzene rings is 1. The van der Waals surface area contributed by atoms with Gasteiger partial charge in [0.15, 0.2) is 0 Å². The van der Waals surface area contributed by atoms with Crippen molar-refractivity contribution < 1.29 is 4.74 Å². The molecule has 4 heteroatoms. The number of thiazole rings is 1. The first-order valence-electron chi connectivity index (χ1n) is 7.61. The van der Waals surface area contributed by atoms with Crippen molar-refractivity contribution >= 4 is 21.6 Å². The van der Waals surface area contributed by atoms with Gasteiger partial charge in [0.1, 0.15) is 11.3 Å². The van der Waals surface area contributed by atoms with Crippen LogP contribution in [0.2, 0.25) is 0 Å². The van der Waals surface area contributed by atoms with E-state index >= 15 is 0 Å². The van der Waals surface area contributed by atoms with Crippen LogP contribution in [0.3, 0.4) is 0 Å². The molecule has 1 atom stereocenters. The number of rotatable bonds is 5. The standard InChI is InChI=1S/C16H22N2OS/c1-2-15-18-16-13(7-5-8-14(16)20-15)19-11-9-12-6-3-4-10-17-12/h5,7-8,12,17H,2-4,6,9-11H2,1H3. The number of ether oxygens (including phenoxy) is 1. The summed E-state index contributed by atoms with van der Waals surface area (Å²) in [5, 5.41) is 4.75. The fraction of sp³-hybridized carbons (Fsp3) is 0.562. The van der Waals surface area contributed by atoms with E-state index in [9.17, 15) is 0 Å². The van der Waals surface area contributed by atoms with Crippen molar-refractivity contribution in [3.05, 3.63) is 23.2 Å². The zero-order valence-corrected chi connectivity index (χ0v) is 12.8. The van der Waals surface area contributed by atoms with E-state index in [4.69, 9.17) is 4.74 Å². The third-order valence-electron chi connectivity index (χ3n) is 3.86. The molecule has 1 N–H and O–H groups in total. The van der Waals surface area contributed by atoms with E-state index in [-0.39, 0.29) is 0 Å². The second-order valence-corrected chi connectivity index (χ2v) is 6.46. The maximum absolute atomic E-state index is 5.98. The molecule has 20 heavy (non-hydrogen) atoms. The van der Waals surface area contributed by atoms with Crippen LogP contribution in [0.4, 0.5) is 0 Å². The molecule has 2 heterocycles. The van der Waals surface area contributed by atoms with E-state index in [1.54, 1.807) is 11.3 Å². The van der Waals surface area contributed by atoms with Crippen molar-refractivity contribution in [2.24, 2.45) is 0 Å². The van der Waals surface area contributed by atoms with Gasteiger partial charge in [0.05, 0.1) is 16.3 Å². The Kier molecular flexibility index (Phi) is 4.53. The smallest absolute Gasteiger partial charge is 0.146 e. The molecule has 108 valence electrons. The molecule has 0 aliphatic carbocycles. The van der Waals surface area contributed by atoms with Crippen molar-refractivity contribution in [2.75, 3.05) is 13.2 Å². The lowest BCUT2D eigenvalue weighted by molar-refractivity contribution is 0.270. The number of piperidine rings is 1. The van der Waals surface area contributed by atoms with Gasteiger partial charge < -0.3 is 10.1 Å². The van der Waals surface area contributed by atoms with Crippen LogP contribution in [-0.4, -0.2) is 24.2 Å². The molecule has 1 saturated heterocycles. The second-order valence-electron chi connectivity index (χ2n) is 5.35. The molecule has 1 unspecified atom stereocenters. The molecule has 1 fully saturated rings. The van der Waals surface area contributed by atoms with Gasteiger partial charge in [0.2, 0.25) is 0 Å². The molecule has 0 spiro atoms. The summed E-state index contributed by atoms with van der Waals surface area (Å²) in [6, 6.07) is 6.86. The molecular formula is C16H22N2OS. The summed E-state index contributed by atoms with van der Waals surface area (Å²) >= 11 is 1.77. The zero-order valence-electron chi connectivity index (χ0n) is 12.0. The minimum absolute atomic E-state index is 0.629. The topological polar surface area (TPSA) is 34.1 Å². The number of hydrogen-bond acceptors (Lipinski definition) is 4. The first-order valence-corrected chi connectivity index (χ1v) is 8.43. The first-order chi connectivity index (χ1) is 9.86. The molecule has 1 aromatic heterocycles. The van der Waals surface area contributed by atoms with Crippen molar-refractivity contribution in [2.45, 2.75) is 45.1 Å². The molecule has 0 saturated carbocycles. The summed E-state index contributed by atoms with van der Waals surface area (Å²) in [6.07, 6.45) is 6.02. The van der Waals surface area contributed by atoms with Gasteiger partial charge in [-0.15, -0.1) is 11.3 Å². The third kappa shape index (κ3) is 3.13. The highest BCUT2D eigenvalue weighted by molar-refractivity contribution is 7.18. The van der Waals surface area contributed by atoms with Gasteiger partial charge in [-0.1, -0.05) is 19.4 Å². The van der Waals surface area contributed by atoms with Crippen LogP contribution in [0.15, 0.2) is 18.2 Å². The van der Waals surface area contributed by atoms with Gasteiger partial charge in [0.25, 0.3) is 0 Å². The highest BCUT2D eigenvalue weighted by Gasteiger charge is 2.13. The Hall–Kier alpha value is -1.13. The van der Waals surface area contributed by atoms with Gasteiger partial charge >= 0.3 is 0 Å². The minimum atomic E-state index is 0.629. The van der Waals surface area contributed by atoms with E-state index in [1.807, 2.05) is 6.07 Å².